The number of likely N-dealkylation sites (tertiary alicyclic amines) is 1. The first kappa shape index (κ1) is 13.4. The SMILES string of the molecule is O=C(O)C1CCCCCN1C(=O)NCc1ccno1. The molecule has 1 aliphatic rings. The van der Waals surface area contributed by atoms with Crippen molar-refractivity contribution in [1.29, 1.82) is 0 Å². The Bertz CT molecular complexity index is 432. The van der Waals surface area contributed by atoms with E-state index in [1.807, 2.05) is 0 Å². The van der Waals surface area contributed by atoms with Crippen LogP contribution < -0.4 is 5.32 Å². The highest BCUT2D eigenvalue weighted by Gasteiger charge is 2.30. The zero-order chi connectivity index (χ0) is 13.7. The van der Waals surface area contributed by atoms with Gasteiger partial charge in [0.1, 0.15) is 6.04 Å². The fraction of sp³-hybridized carbons (Fsp3) is 0.583. The third-order valence-corrected chi connectivity index (χ3v) is 3.20. The second-order valence-corrected chi connectivity index (χ2v) is 4.53. The fourth-order valence-electron chi connectivity index (χ4n) is 2.21. The molecule has 1 aromatic rings. The number of aliphatic carboxylic acids is 1. The minimum Gasteiger partial charge on any atom is -0.480 e. The summed E-state index contributed by atoms with van der Waals surface area (Å²) in [6.07, 6.45) is 4.62. The van der Waals surface area contributed by atoms with Crippen molar-refractivity contribution in [3.63, 3.8) is 0 Å². The van der Waals surface area contributed by atoms with Crippen LogP contribution in [-0.2, 0) is 11.3 Å². The molecule has 19 heavy (non-hydrogen) atoms. The standard InChI is InChI=1S/C12H17N3O4/c16-11(17)10-4-2-1-3-7-15(10)12(18)13-8-9-5-6-14-19-9/h5-6,10H,1-4,7-8H2,(H,13,18)(H,16,17). The molecule has 0 radical (unpaired) electrons. The van der Waals surface area contributed by atoms with Crippen LogP contribution in [0.15, 0.2) is 16.8 Å². The van der Waals surface area contributed by atoms with E-state index in [4.69, 9.17) is 4.52 Å². The molecule has 0 aliphatic carbocycles. The van der Waals surface area contributed by atoms with Crippen LogP contribution in [0.3, 0.4) is 0 Å². The lowest BCUT2D eigenvalue weighted by molar-refractivity contribution is -0.142. The maximum absolute atomic E-state index is 12.1. The van der Waals surface area contributed by atoms with Crippen LogP contribution in [0.1, 0.15) is 31.4 Å². The zero-order valence-electron chi connectivity index (χ0n) is 10.5. The van der Waals surface area contributed by atoms with Crippen molar-refractivity contribution < 1.29 is 19.2 Å². The Labute approximate surface area is 110 Å². The highest BCUT2D eigenvalue weighted by Crippen LogP contribution is 2.17. The molecular weight excluding hydrogens is 250 g/mol. The van der Waals surface area contributed by atoms with Crippen LogP contribution >= 0.6 is 0 Å². The minimum absolute atomic E-state index is 0.210. The Morgan fingerprint density at radius 3 is 3.00 bits per heavy atom. The van der Waals surface area contributed by atoms with Crippen LogP contribution in [0.2, 0.25) is 0 Å². The number of hydrogen-bond donors (Lipinski definition) is 2. The monoisotopic (exact) mass is 267 g/mol. The van der Waals surface area contributed by atoms with Gasteiger partial charge in [-0.2, -0.15) is 0 Å². The molecule has 1 atom stereocenters. The first-order chi connectivity index (χ1) is 9.18. The average molecular weight is 267 g/mol. The first-order valence-corrected chi connectivity index (χ1v) is 6.35. The molecule has 2 rings (SSSR count). The van der Waals surface area contributed by atoms with E-state index in [2.05, 4.69) is 10.5 Å². The molecule has 1 aromatic heterocycles. The zero-order valence-corrected chi connectivity index (χ0v) is 10.5. The molecule has 1 unspecified atom stereocenters. The second-order valence-electron chi connectivity index (χ2n) is 4.53. The Morgan fingerprint density at radius 2 is 2.32 bits per heavy atom. The van der Waals surface area contributed by atoms with Gasteiger partial charge in [-0.05, 0) is 12.8 Å². The average Bonchev–Trinajstić information content (AvgIpc) is 2.77. The summed E-state index contributed by atoms with van der Waals surface area (Å²) in [6.45, 7) is 0.681. The molecule has 1 aliphatic heterocycles. The largest absolute Gasteiger partial charge is 0.480 e. The second kappa shape index (κ2) is 6.21. The van der Waals surface area contributed by atoms with Gasteiger partial charge in [-0.1, -0.05) is 18.0 Å². The van der Waals surface area contributed by atoms with Crippen LogP contribution in [0.5, 0.6) is 0 Å². The molecule has 0 spiro atoms. The Hall–Kier alpha value is -2.05. The third kappa shape index (κ3) is 3.46. The van der Waals surface area contributed by atoms with E-state index in [-0.39, 0.29) is 12.6 Å². The van der Waals surface area contributed by atoms with Gasteiger partial charge in [-0.25, -0.2) is 9.59 Å². The molecule has 2 heterocycles. The molecule has 7 heteroatoms. The van der Waals surface area contributed by atoms with Crippen molar-refractivity contribution in [3.05, 3.63) is 18.0 Å². The predicted octanol–water partition coefficient (Wildman–Crippen LogP) is 1.21. The summed E-state index contributed by atoms with van der Waals surface area (Å²) in [5.41, 5.74) is 0. The molecular formula is C12H17N3O4. The maximum Gasteiger partial charge on any atom is 0.326 e. The van der Waals surface area contributed by atoms with E-state index in [1.54, 1.807) is 6.07 Å². The smallest absolute Gasteiger partial charge is 0.326 e. The molecule has 1 saturated heterocycles. The van der Waals surface area contributed by atoms with Gasteiger partial charge < -0.3 is 19.8 Å². The van der Waals surface area contributed by atoms with Gasteiger partial charge in [-0.15, -0.1) is 0 Å². The lowest BCUT2D eigenvalue weighted by atomic mass is 10.1. The van der Waals surface area contributed by atoms with Gasteiger partial charge in [0, 0.05) is 12.6 Å². The van der Waals surface area contributed by atoms with Crippen LogP contribution in [0, 0.1) is 0 Å². The first-order valence-electron chi connectivity index (χ1n) is 6.35. The maximum atomic E-state index is 12.1. The van der Waals surface area contributed by atoms with Crippen LogP contribution in [-0.4, -0.2) is 39.8 Å². The summed E-state index contributed by atoms with van der Waals surface area (Å²) in [5, 5.41) is 15.4. The molecule has 104 valence electrons. The normalized spacial score (nSPS) is 19.8. The lowest BCUT2D eigenvalue weighted by Crippen LogP contribution is -2.49. The molecule has 0 aromatic carbocycles. The Balaban J connectivity index is 1.96. The number of nitrogens with one attached hydrogen (secondary N) is 1. The quantitative estimate of drug-likeness (QED) is 0.858. The number of carboxylic acid groups (broad SMARTS) is 1. The topological polar surface area (TPSA) is 95.7 Å². The number of carboxylic acids is 1. The van der Waals surface area contributed by atoms with Crippen LogP contribution in [0.4, 0.5) is 4.79 Å². The van der Waals surface area contributed by atoms with Crippen molar-refractivity contribution in [2.24, 2.45) is 0 Å². The van der Waals surface area contributed by atoms with E-state index in [1.165, 1.54) is 11.1 Å². The van der Waals surface area contributed by atoms with Gasteiger partial charge in [0.15, 0.2) is 5.76 Å². The molecule has 2 N–H and O–H groups in total. The molecule has 2 amide bonds. The van der Waals surface area contributed by atoms with E-state index in [0.29, 0.717) is 18.7 Å². The summed E-state index contributed by atoms with van der Waals surface area (Å²) in [4.78, 5) is 24.6. The summed E-state index contributed by atoms with van der Waals surface area (Å²) >= 11 is 0. The highest BCUT2D eigenvalue weighted by atomic mass is 16.5. The van der Waals surface area contributed by atoms with Crippen LogP contribution in [0.25, 0.3) is 0 Å². The molecule has 0 bridgehead atoms. The minimum atomic E-state index is -0.947. The number of carbonyl (C=O) groups is 2. The number of carbonyl (C=O) groups excluding carboxylic acids is 1. The van der Waals surface area contributed by atoms with Gasteiger partial charge in [0.2, 0.25) is 0 Å². The molecule has 0 saturated carbocycles. The number of hydrogen-bond acceptors (Lipinski definition) is 4. The third-order valence-electron chi connectivity index (χ3n) is 3.20. The summed E-state index contributed by atoms with van der Waals surface area (Å²) in [5.74, 6) is -0.410. The predicted molar refractivity (Wildman–Crippen MR) is 65.3 cm³/mol. The molecule has 1 fully saturated rings. The number of aromatic nitrogens is 1. The van der Waals surface area contributed by atoms with Gasteiger partial charge in [0.25, 0.3) is 0 Å². The number of urea groups is 1. The summed E-state index contributed by atoms with van der Waals surface area (Å²) in [7, 11) is 0. The number of rotatable bonds is 3. The van der Waals surface area contributed by atoms with E-state index >= 15 is 0 Å². The van der Waals surface area contributed by atoms with E-state index < -0.39 is 12.0 Å². The van der Waals surface area contributed by atoms with Gasteiger partial charge in [0.05, 0.1) is 12.7 Å². The van der Waals surface area contributed by atoms with E-state index in [9.17, 15) is 14.7 Å². The van der Waals surface area contributed by atoms with Crippen molar-refractivity contribution in [1.82, 2.24) is 15.4 Å². The summed E-state index contributed by atoms with van der Waals surface area (Å²) in [6, 6.07) is 0.542. The number of amides is 2. The van der Waals surface area contributed by atoms with Crippen molar-refractivity contribution in [3.8, 4) is 0 Å². The Kier molecular flexibility index (Phi) is 4.38. The Morgan fingerprint density at radius 1 is 1.47 bits per heavy atom. The summed E-state index contributed by atoms with van der Waals surface area (Å²) < 4.78 is 4.87. The van der Waals surface area contributed by atoms with Gasteiger partial charge in [-0.3, -0.25) is 0 Å². The van der Waals surface area contributed by atoms with Crippen molar-refractivity contribution >= 4 is 12.0 Å². The van der Waals surface area contributed by atoms with Crippen molar-refractivity contribution in [2.75, 3.05) is 6.54 Å². The highest BCUT2D eigenvalue weighted by molar-refractivity contribution is 5.82. The lowest BCUT2D eigenvalue weighted by Gasteiger charge is -2.26. The van der Waals surface area contributed by atoms with Crippen molar-refractivity contribution in [2.45, 2.75) is 38.3 Å². The fourth-order valence-corrected chi connectivity index (χ4v) is 2.21. The molecule has 7 nitrogen and oxygen atoms in total. The number of nitrogens with zero attached hydrogens (tertiary/aromatic N) is 2. The van der Waals surface area contributed by atoms with E-state index in [0.717, 1.165) is 19.3 Å². The van der Waals surface area contributed by atoms with Gasteiger partial charge >= 0.3 is 12.0 Å².